The van der Waals surface area contributed by atoms with Crippen molar-refractivity contribution < 1.29 is 4.43 Å². The first-order valence-electron chi connectivity index (χ1n) is 5.81. The van der Waals surface area contributed by atoms with Crippen LogP contribution in [0.4, 0.5) is 0 Å². The molecule has 1 aromatic carbocycles. The van der Waals surface area contributed by atoms with E-state index in [9.17, 15) is 0 Å². The van der Waals surface area contributed by atoms with E-state index < -0.39 is 9.04 Å². The highest BCUT2D eigenvalue weighted by molar-refractivity contribution is 9.11. The summed E-state index contributed by atoms with van der Waals surface area (Å²) in [7, 11) is -1.06. The van der Waals surface area contributed by atoms with Gasteiger partial charge < -0.3 is 4.43 Å². The molecule has 0 bridgehead atoms. The highest BCUT2D eigenvalue weighted by Crippen LogP contribution is 2.38. The monoisotopic (exact) mass is 378 g/mol. The molecule has 0 radical (unpaired) electrons. The molecular weight excluding hydrogens is 360 g/mol. The van der Waals surface area contributed by atoms with Gasteiger partial charge in [-0.25, -0.2) is 0 Å². The van der Waals surface area contributed by atoms with Crippen LogP contribution in [0.3, 0.4) is 0 Å². The summed E-state index contributed by atoms with van der Waals surface area (Å²) < 4.78 is 8.38. The maximum atomic E-state index is 6.21. The Kier molecular flexibility index (Phi) is 5.44. The van der Waals surface area contributed by atoms with Gasteiger partial charge in [-0.05, 0) is 42.3 Å². The van der Waals surface area contributed by atoms with E-state index in [1.54, 1.807) is 0 Å². The summed E-state index contributed by atoms with van der Waals surface area (Å²) >= 11 is 7.08. The zero-order valence-corrected chi connectivity index (χ0v) is 15.4. The lowest BCUT2D eigenvalue weighted by Gasteiger charge is -2.33. The number of hydrogen-bond donors (Lipinski definition) is 0. The minimum Gasteiger partial charge on any atom is -0.413 e. The van der Waals surface area contributed by atoms with E-state index in [0.29, 0.717) is 0 Å². The lowest BCUT2D eigenvalue weighted by molar-refractivity contribution is 0.0865. The smallest absolute Gasteiger partial charge is 0.171 e. The summed E-state index contributed by atoms with van der Waals surface area (Å²) in [6.07, 6.45) is 0.156. The van der Waals surface area contributed by atoms with Crippen LogP contribution in [-0.4, -0.2) is 9.04 Å². The highest BCUT2D eigenvalue weighted by atomic mass is 79.9. The molecule has 4 heteroatoms. The molecule has 0 fully saturated rings. The fourth-order valence-electron chi connectivity index (χ4n) is 1.78. The van der Waals surface area contributed by atoms with Gasteiger partial charge in [0.2, 0.25) is 0 Å². The number of hydrogen-bond acceptors (Lipinski definition) is 1. The Morgan fingerprint density at radius 1 is 1.06 bits per heavy atom. The fraction of sp³-hybridized carbons (Fsp3) is 0.538. The second kappa shape index (κ2) is 6.00. The van der Waals surface area contributed by atoms with Gasteiger partial charge in [-0.15, -0.1) is 0 Å². The van der Waals surface area contributed by atoms with Crippen LogP contribution in [0.1, 0.15) is 32.4 Å². The maximum absolute atomic E-state index is 6.21. The van der Waals surface area contributed by atoms with Crippen molar-refractivity contribution in [2.75, 3.05) is 0 Å². The van der Waals surface area contributed by atoms with Crippen molar-refractivity contribution in [3.8, 4) is 0 Å². The van der Waals surface area contributed by atoms with Crippen molar-refractivity contribution >= 4 is 40.9 Å². The van der Waals surface area contributed by atoms with Crippen molar-refractivity contribution in [2.45, 2.75) is 40.0 Å². The van der Waals surface area contributed by atoms with Crippen molar-refractivity contribution in [2.24, 2.45) is 5.41 Å². The SMILES string of the molecule is C[SiH](C)OC(c1cc(Br)cc(Br)c1)C(C)(C)C. The Morgan fingerprint density at radius 3 is 1.88 bits per heavy atom. The van der Waals surface area contributed by atoms with Gasteiger partial charge in [0.15, 0.2) is 9.04 Å². The molecule has 1 unspecified atom stereocenters. The molecule has 0 N–H and O–H groups in total. The molecule has 0 aliphatic carbocycles. The summed E-state index contributed by atoms with van der Waals surface area (Å²) in [6.45, 7) is 11.1. The maximum Gasteiger partial charge on any atom is 0.171 e. The van der Waals surface area contributed by atoms with Gasteiger partial charge in [-0.3, -0.25) is 0 Å². The zero-order chi connectivity index (χ0) is 13.2. The lowest BCUT2D eigenvalue weighted by atomic mass is 9.85. The molecule has 1 atom stereocenters. The molecule has 1 rings (SSSR count). The minimum absolute atomic E-state index is 0.109. The van der Waals surface area contributed by atoms with Crippen LogP contribution in [0.5, 0.6) is 0 Å². The van der Waals surface area contributed by atoms with Crippen molar-refractivity contribution in [3.05, 3.63) is 32.7 Å². The van der Waals surface area contributed by atoms with Crippen molar-refractivity contribution in [1.82, 2.24) is 0 Å². The normalized spacial score (nSPS) is 14.1. The highest BCUT2D eigenvalue weighted by Gasteiger charge is 2.28. The van der Waals surface area contributed by atoms with E-state index >= 15 is 0 Å². The van der Waals surface area contributed by atoms with Crippen LogP contribution >= 0.6 is 31.9 Å². The Balaban J connectivity index is 3.12. The first-order valence-corrected chi connectivity index (χ1v) is 10.2. The average molecular weight is 380 g/mol. The Hall–Kier alpha value is 0.357. The van der Waals surface area contributed by atoms with Gasteiger partial charge in [0.25, 0.3) is 0 Å². The van der Waals surface area contributed by atoms with E-state index in [-0.39, 0.29) is 11.5 Å². The van der Waals surface area contributed by atoms with Gasteiger partial charge >= 0.3 is 0 Å². The summed E-state index contributed by atoms with van der Waals surface area (Å²) in [5.74, 6) is 0. The van der Waals surface area contributed by atoms with Gasteiger partial charge in [-0.1, -0.05) is 52.6 Å². The zero-order valence-electron chi connectivity index (χ0n) is 11.1. The molecule has 0 aromatic heterocycles. The largest absolute Gasteiger partial charge is 0.413 e. The Bertz CT molecular complexity index is 365. The second-order valence-electron chi connectivity index (χ2n) is 5.63. The molecule has 1 nitrogen and oxygen atoms in total. The van der Waals surface area contributed by atoms with Crippen LogP contribution in [0.25, 0.3) is 0 Å². The fourth-order valence-corrected chi connectivity index (χ4v) is 4.22. The quantitative estimate of drug-likeness (QED) is 0.647. The van der Waals surface area contributed by atoms with E-state index in [2.05, 4.69) is 83.9 Å². The van der Waals surface area contributed by atoms with Crippen molar-refractivity contribution in [1.29, 1.82) is 0 Å². The molecule has 0 aliphatic heterocycles. The third-order valence-electron chi connectivity index (χ3n) is 2.38. The minimum atomic E-state index is -1.06. The van der Waals surface area contributed by atoms with Crippen LogP contribution in [0, 0.1) is 5.41 Å². The van der Waals surface area contributed by atoms with Gasteiger partial charge in [0.1, 0.15) is 0 Å². The standard InChI is InChI=1S/C13H20Br2OSi/c1-13(2,3)12(16-17(4)5)9-6-10(14)8-11(15)7-9/h6-8,12,17H,1-5H3. The third kappa shape index (κ3) is 4.85. The van der Waals surface area contributed by atoms with Gasteiger partial charge in [0.05, 0.1) is 6.10 Å². The van der Waals surface area contributed by atoms with Crippen LogP contribution < -0.4 is 0 Å². The van der Waals surface area contributed by atoms with E-state index in [1.807, 2.05) is 0 Å². The van der Waals surface area contributed by atoms with Crippen LogP contribution in [0.2, 0.25) is 13.1 Å². The molecule has 1 aromatic rings. The lowest BCUT2D eigenvalue weighted by Crippen LogP contribution is -2.25. The first-order chi connectivity index (χ1) is 7.70. The van der Waals surface area contributed by atoms with Gasteiger partial charge in [-0.2, -0.15) is 0 Å². The number of benzene rings is 1. The van der Waals surface area contributed by atoms with Gasteiger partial charge in [0, 0.05) is 8.95 Å². The Morgan fingerprint density at radius 2 is 1.53 bits per heavy atom. The molecule has 17 heavy (non-hydrogen) atoms. The molecule has 96 valence electrons. The molecule has 0 spiro atoms. The molecule has 0 saturated carbocycles. The summed E-state index contributed by atoms with van der Waals surface area (Å²) in [5, 5.41) is 0. The van der Waals surface area contributed by atoms with Crippen molar-refractivity contribution in [3.63, 3.8) is 0 Å². The first kappa shape index (κ1) is 15.4. The van der Waals surface area contributed by atoms with E-state index in [4.69, 9.17) is 4.43 Å². The summed E-state index contributed by atoms with van der Waals surface area (Å²) in [5.41, 5.74) is 1.34. The van der Waals surface area contributed by atoms with E-state index in [1.165, 1.54) is 5.56 Å². The topological polar surface area (TPSA) is 9.23 Å². The average Bonchev–Trinajstić information content (AvgIpc) is 2.10. The molecule has 0 heterocycles. The Labute approximate surface area is 123 Å². The molecule has 0 aliphatic rings. The summed E-state index contributed by atoms with van der Waals surface area (Å²) in [4.78, 5) is 0. The molecular formula is C13H20Br2OSi. The van der Waals surface area contributed by atoms with Crippen LogP contribution in [-0.2, 0) is 4.43 Å². The third-order valence-corrected chi connectivity index (χ3v) is 4.11. The predicted octanol–water partition coefficient (Wildman–Crippen LogP) is 5.30. The van der Waals surface area contributed by atoms with E-state index in [0.717, 1.165) is 8.95 Å². The number of rotatable bonds is 3. The summed E-state index contributed by atoms with van der Waals surface area (Å²) in [6, 6.07) is 6.35. The second-order valence-corrected chi connectivity index (χ2v) is 9.83. The molecule has 0 saturated heterocycles. The van der Waals surface area contributed by atoms with Crippen LogP contribution in [0.15, 0.2) is 27.1 Å². The number of halogens is 2. The predicted molar refractivity (Wildman–Crippen MR) is 84.0 cm³/mol. The molecule has 0 amide bonds.